The van der Waals surface area contributed by atoms with E-state index in [1.165, 1.54) is 4.90 Å². The molecule has 0 bridgehead atoms. The van der Waals surface area contributed by atoms with E-state index in [1.807, 2.05) is 25.1 Å². The van der Waals surface area contributed by atoms with Gasteiger partial charge in [0.15, 0.2) is 5.17 Å². The highest BCUT2D eigenvalue weighted by molar-refractivity contribution is 8.16. The first kappa shape index (κ1) is 24.4. The van der Waals surface area contributed by atoms with Gasteiger partial charge in [-0.3, -0.25) is 14.5 Å². The molecule has 34 heavy (non-hydrogen) atoms. The van der Waals surface area contributed by atoms with Crippen LogP contribution >= 0.6 is 11.8 Å². The van der Waals surface area contributed by atoms with E-state index in [4.69, 9.17) is 0 Å². The Hall–Kier alpha value is -2.72. The summed E-state index contributed by atoms with van der Waals surface area (Å²) < 4.78 is 43.0. The Kier molecular flexibility index (Phi) is 7.37. The Labute approximate surface area is 202 Å². The van der Waals surface area contributed by atoms with Crippen molar-refractivity contribution in [3.8, 4) is 0 Å². The van der Waals surface area contributed by atoms with Crippen molar-refractivity contribution < 1.29 is 22.4 Å². The minimum absolute atomic E-state index is 0.0786. The molecule has 4 rings (SSSR count). The molecular weight excluding hydrogens is 477 g/mol. The average molecular weight is 504 g/mol. The number of para-hydroxylation sites is 1. The minimum atomic E-state index is -4.16. The molecular formula is C24H26FN3O4S2. The van der Waals surface area contributed by atoms with E-state index in [0.29, 0.717) is 5.69 Å². The van der Waals surface area contributed by atoms with Crippen LogP contribution in [0.3, 0.4) is 0 Å². The first-order valence-corrected chi connectivity index (χ1v) is 13.5. The molecule has 1 saturated heterocycles. The molecule has 2 fully saturated rings. The predicted molar refractivity (Wildman–Crippen MR) is 131 cm³/mol. The number of hydrogen-bond donors (Lipinski definition) is 1. The molecule has 1 aliphatic heterocycles. The van der Waals surface area contributed by atoms with Gasteiger partial charge in [-0.05, 0) is 55.7 Å². The number of carbonyl (C=O) groups excluding carboxylic acids is 2. The van der Waals surface area contributed by atoms with Gasteiger partial charge in [-0.25, -0.2) is 4.39 Å². The number of anilines is 1. The maximum absolute atomic E-state index is 13.3. The molecule has 2 aromatic rings. The van der Waals surface area contributed by atoms with Crippen LogP contribution in [0.5, 0.6) is 0 Å². The van der Waals surface area contributed by atoms with Crippen LogP contribution in [0.1, 0.15) is 44.1 Å². The number of rotatable bonds is 6. The fourth-order valence-electron chi connectivity index (χ4n) is 4.20. The molecule has 1 atom stereocenters. The fraction of sp³-hybridized carbons (Fsp3) is 0.375. The van der Waals surface area contributed by atoms with Crippen molar-refractivity contribution in [3.05, 3.63) is 59.9 Å². The summed E-state index contributed by atoms with van der Waals surface area (Å²) in [6.07, 6.45) is 4.35. The number of carbonyl (C=O) groups is 2. The van der Waals surface area contributed by atoms with Crippen LogP contribution in [0.25, 0.3) is 0 Å². The number of nitrogens with one attached hydrogen (secondary N) is 1. The molecule has 1 heterocycles. The van der Waals surface area contributed by atoms with Crippen LogP contribution < -0.4 is 5.32 Å². The molecule has 1 aliphatic carbocycles. The Balaban J connectivity index is 1.58. The molecule has 2 amide bonds. The molecule has 1 N–H and O–H groups in total. The van der Waals surface area contributed by atoms with Crippen LogP contribution in [0.2, 0.25) is 0 Å². The smallest absolute Gasteiger partial charge is 0.284 e. The molecule has 0 unspecified atom stereocenters. The van der Waals surface area contributed by atoms with Gasteiger partial charge in [-0.15, -0.1) is 4.40 Å². The highest BCUT2D eigenvalue weighted by Crippen LogP contribution is 2.36. The zero-order chi connectivity index (χ0) is 24.3. The molecule has 2 aliphatic rings. The van der Waals surface area contributed by atoms with Gasteiger partial charge >= 0.3 is 0 Å². The van der Waals surface area contributed by atoms with Crippen molar-refractivity contribution in [1.29, 1.82) is 0 Å². The van der Waals surface area contributed by atoms with Crippen LogP contribution in [-0.2, 0) is 19.6 Å². The van der Waals surface area contributed by atoms with Crippen molar-refractivity contribution in [2.45, 2.75) is 61.6 Å². The van der Waals surface area contributed by atoms with Crippen LogP contribution in [-0.4, -0.2) is 41.6 Å². The maximum Gasteiger partial charge on any atom is 0.284 e. The fourth-order valence-corrected chi connectivity index (χ4v) is 6.60. The summed E-state index contributed by atoms with van der Waals surface area (Å²) in [7, 11) is -4.16. The number of amidine groups is 1. The van der Waals surface area contributed by atoms with Crippen molar-refractivity contribution >= 4 is 44.5 Å². The number of thioether (sulfide) groups is 1. The van der Waals surface area contributed by atoms with Gasteiger partial charge < -0.3 is 5.32 Å². The predicted octanol–water partition coefficient (Wildman–Crippen LogP) is 4.48. The molecule has 2 aromatic carbocycles. The van der Waals surface area contributed by atoms with Gasteiger partial charge in [0.25, 0.3) is 10.0 Å². The van der Waals surface area contributed by atoms with E-state index >= 15 is 0 Å². The van der Waals surface area contributed by atoms with Crippen molar-refractivity contribution in [3.63, 3.8) is 0 Å². The summed E-state index contributed by atoms with van der Waals surface area (Å²) in [6.45, 7) is 1.88. The molecule has 1 saturated carbocycles. The van der Waals surface area contributed by atoms with E-state index in [-0.39, 0.29) is 34.3 Å². The Morgan fingerprint density at radius 3 is 2.47 bits per heavy atom. The zero-order valence-corrected chi connectivity index (χ0v) is 20.4. The van der Waals surface area contributed by atoms with Gasteiger partial charge in [0, 0.05) is 18.2 Å². The molecule has 10 heteroatoms. The van der Waals surface area contributed by atoms with E-state index in [1.54, 1.807) is 6.07 Å². The molecule has 7 nitrogen and oxygen atoms in total. The van der Waals surface area contributed by atoms with Gasteiger partial charge in [0.2, 0.25) is 11.8 Å². The average Bonchev–Trinajstić information content (AvgIpc) is 3.10. The number of sulfonamides is 1. The lowest BCUT2D eigenvalue weighted by Gasteiger charge is -2.30. The minimum Gasteiger partial charge on any atom is -0.326 e. The first-order valence-electron chi connectivity index (χ1n) is 11.2. The lowest BCUT2D eigenvalue weighted by molar-refractivity contribution is -0.130. The summed E-state index contributed by atoms with van der Waals surface area (Å²) in [6, 6.07) is 11.6. The quantitative estimate of drug-likeness (QED) is 0.627. The first-order chi connectivity index (χ1) is 16.2. The molecule has 180 valence electrons. The van der Waals surface area contributed by atoms with Gasteiger partial charge in [0.1, 0.15) is 11.1 Å². The van der Waals surface area contributed by atoms with Crippen LogP contribution in [0.15, 0.2) is 57.8 Å². The lowest BCUT2D eigenvalue weighted by atomic mass is 9.94. The summed E-state index contributed by atoms with van der Waals surface area (Å²) in [4.78, 5) is 27.4. The second-order valence-electron chi connectivity index (χ2n) is 8.48. The second-order valence-corrected chi connectivity index (χ2v) is 11.3. The van der Waals surface area contributed by atoms with Gasteiger partial charge in [-0.1, -0.05) is 49.2 Å². The topological polar surface area (TPSA) is 95.9 Å². The third-order valence-corrected chi connectivity index (χ3v) is 8.55. The summed E-state index contributed by atoms with van der Waals surface area (Å²) >= 11 is 1.00. The Morgan fingerprint density at radius 1 is 1.12 bits per heavy atom. The SMILES string of the molecule is Cc1ccccc1NC(=O)C[C@H]1SC(=NS(=O)(=O)c2ccc(F)cc2)N(C2CCCCC2)C1=O. The Morgan fingerprint density at radius 2 is 1.79 bits per heavy atom. The normalized spacial score (nSPS) is 20.6. The standard InChI is InChI=1S/C24H26FN3O4S2/c1-16-7-5-6-10-20(16)26-22(29)15-21-23(30)28(18-8-3-2-4-9-18)24(33-21)27-34(31,32)19-13-11-17(25)12-14-19/h5-7,10-14,18,21H,2-4,8-9,15H2,1H3,(H,26,29)/t21-/m1/s1. The van der Waals surface area contributed by atoms with Gasteiger partial charge in [0.05, 0.1) is 4.90 Å². The van der Waals surface area contributed by atoms with Crippen LogP contribution in [0.4, 0.5) is 10.1 Å². The highest BCUT2D eigenvalue weighted by atomic mass is 32.2. The molecule has 0 radical (unpaired) electrons. The third kappa shape index (κ3) is 5.50. The van der Waals surface area contributed by atoms with E-state index in [2.05, 4.69) is 9.71 Å². The highest BCUT2D eigenvalue weighted by Gasteiger charge is 2.43. The summed E-state index contributed by atoms with van der Waals surface area (Å²) in [5.74, 6) is -1.18. The number of amides is 2. The largest absolute Gasteiger partial charge is 0.326 e. The lowest BCUT2D eigenvalue weighted by Crippen LogP contribution is -2.42. The second kappa shape index (κ2) is 10.3. The van der Waals surface area contributed by atoms with E-state index in [0.717, 1.165) is 73.7 Å². The number of benzene rings is 2. The third-order valence-electron chi connectivity index (χ3n) is 6.01. The number of halogens is 1. The van der Waals surface area contributed by atoms with Gasteiger partial charge in [-0.2, -0.15) is 8.42 Å². The van der Waals surface area contributed by atoms with Crippen molar-refractivity contribution in [2.75, 3.05) is 5.32 Å². The molecule has 0 spiro atoms. The maximum atomic E-state index is 13.3. The van der Waals surface area contributed by atoms with Crippen LogP contribution in [0, 0.1) is 12.7 Å². The number of hydrogen-bond acceptors (Lipinski definition) is 5. The zero-order valence-electron chi connectivity index (χ0n) is 18.7. The summed E-state index contributed by atoms with van der Waals surface area (Å²) in [5.41, 5.74) is 1.57. The number of nitrogens with zero attached hydrogens (tertiary/aromatic N) is 2. The molecule has 0 aromatic heterocycles. The monoisotopic (exact) mass is 503 g/mol. The van der Waals surface area contributed by atoms with E-state index in [9.17, 15) is 22.4 Å². The van der Waals surface area contributed by atoms with E-state index < -0.39 is 21.1 Å². The Bertz CT molecular complexity index is 1210. The van der Waals surface area contributed by atoms with Crippen molar-refractivity contribution in [1.82, 2.24) is 4.90 Å². The van der Waals surface area contributed by atoms with Crippen molar-refractivity contribution in [2.24, 2.45) is 4.40 Å². The number of aryl methyl sites for hydroxylation is 1. The summed E-state index contributed by atoms with van der Waals surface area (Å²) in [5, 5.41) is 2.14.